The van der Waals surface area contributed by atoms with Gasteiger partial charge in [-0.3, -0.25) is 19.3 Å². The summed E-state index contributed by atoms with van der Waals surface area (Å²) in [4.78, 5) is 55.6. The van der Waals surface area contributed by atoms with Gasteiger partial charge in [0.1, 0.15) is 17.5 Å². The third kappa shape index (κ3) is 4.86. The molecule has 2 bridgehead atoms. The summed E-state index contributed by atoms with van der Waals surface area (Å²) in [5, 5.41) is 2.71. The lowest BCUT2D eigenvalue weighted by molar-refractivity contribution is -0.162. The molecule has 0 saturated carbocycles. The lowest BCUT2D eigenvalue weighted by atomic mass is 9.55. The van der Waals surface area contributed by atoms with Crippen molar-refractivity contribution < 1.29 is 28.7 Å². The third-order valence-corrected chi connectivity index (χ3v) is 9.10. The van der Waals surface area contributed by atoms with Crippen molar-refractivity contribution in [2.24, 2.45) is 17.8 Å². The summed E-state index contributed by atoms with van der Waals surface area (Å²) < 4.78 is 11.2. The van der Waals surface area contributed by atoms with Gasteiger partial charge in [-0.05, 0) is 64.6 Å². The maximum absolute atomic E-state index is 14.1. The van der Waals surface area contributed by atoms with Gasteiger partial charge in [0.2, 0.25) is 11.8 Å². The van der Waals surface area contributed by atoms with Crippen molar-refractivity contribution in [3.63, 3.8) is 0 Å². The first-order valence-electron chi connectivity index (χ1n) is 15.2. The molecule has 226 valence electrons. The lowest BCUT2D eigenvalue weighted by Crippen LogP contribution is -2.49. The molecular weight excluding hydrogens is 568 g/mol. The maximum atomic E-state index is 14.1. The van der Waals surface area contributed by atoms with Crippen LogP contribution in [0.15, 0.2) is 103 Å². The van der Waals surface area contributed by atoms with Crippen molar-refractivity contribution in [3.8, 4) is 11.5 Å². The van der Waals surface area contributed by atoms with Crippen molar-refractivity contribution in [2.45, 2.75) is 31.7 Å². The van der Waals surface area contributed by atoms with Gasteiger partial charge in [0.25, 0.3) is 5.91 Å². The molecule has 0 aromatic heterocycles. The Bertz CT molecular complexity index is 1690. The zero-order valence-corrected chi connectivity index (χ0v) is 24.9. The highest BCUT2D eigenvalue weighted by atomic mass is 16.5. The molecule has 4 aliphatic rings. The molecular formula is C37H32N2O6. The zero-order valence-electron chi connectivity index (χ0n) is 24.9. The summed E-state index contributed by atoms with van der Waals surface area (Å²) >= 11 is 0. The van der Waals surface area contributed by atoms with E-state index in [9.17, 15) is 19.2 Å². The molecule has 8 rings (SSSR count). The number of hydrogen-bond acceptors (Lipinski definition) is 6. The van der Waals surface area contributed by atoms with E-state index in [4.69, 9.17) is 9.47 Å². The second-order valence-electron chi connectivity index (χ2n) is 12.1. The van der Waals surface area contributed by atoms with E-state index in [2.05, 4.69) is 5.32 Å². The van der Waals surface area contributed by atoms with Crippen LogP contribution in [-0.4, -0.2) is 41.2 Å². The van der Waals surface area contributed by atoms with Crippen LogP contribution in [0, 0.1) is 17.8 Å². The quantitative estimate of drug-likeness (QED) is 0.200. The smallest absolute Gasteiger partial charge is 0.330 e. The number of ether oxygens (including phenoxy) is 2. The van der Waals surface area contributed by atoms with Crippen LogP contribution in [-0.2, 0) is 23.9 Å². The lowest BCUT2D eigenvalue weighted by Gasteiger charge is -2.45. The molecule has 4 aromatic carbocycles. The van der Waals surface area contributed by atoms with E-state index in [-0.39, 0.29) is 23.7 Å². The number of benzene rings is 4. The van der Waals surface area contributed by atoms with Crippen LogP contribution in [0.4, 0.5) is 5.69 Å². The van der Waals surface area contributed by atoms with Crippen molar-refractivity contribution in [2.75, 3.05) is 11.9 Å². The summed E-state index contributed by atoms with van der Waals surface area (Å²) in [5.41, 5.74) is 4.74. The first-order valence-corrected chi connectivity index (χ1v) is 15.2. The maximum Gasteiger partial charge on any atom is 0.330 e. The van der Waals surface area contributed by atoms with Gasteiger partial charge in [-0.25, -0.2) is 4.79 Å². The topological polar surface area (TPSA) is 102 Å². The van der Waals surface area contributed by atoms with Crippen LogP contribution in [0.2, 0.25) is 0 Å². The van der Waals surface area contributed by atoms with Gasteiger partial charge >= 0.3 is 5.97 Å². The minimum absolute atomic E-state index is 0.270. The van der Waals surface area contributed by atoms with Crippen molar-refractivity contribution >= 4 is 29.4 Å². The Morgan fingerprint density at radius 3 is 1.64 bits per heavy atom. The number of nitrogens with zero attached hydrogens (tertiary/aromatic N) is 1. The van der Waals surface area contributed by atoms with E-state index in [1.54, 1.807) is 38.1 Å². The number of rotatable bonds is 8. The number of likely N-dealkylation sites (tertiary alicyclic amines) is 1. The minimum Gasteiger partial charge on any atom is -0.457 e. The van der Waals surface area contributed by atoms with Crippen LogP contribution in [0.3, 0.4) is 0 Å². The second-order valence-corrected chi connectivity index (χ2v) is 12.1. The summed E-state index contributed by atoms with van der Waals surface area (Å²) in [6, 6.07) is 31.0. The number of imide groups is 1. The highest BCUT2D eigenvalue weighted by molar-refractivity contribution is 6.10. The van der Waals surface area contributed by atoms with E-state index in [0.717, 1.165) is 27.2 Å². The Kier molecular flexibility index (Phi) is 7.20. The fourth-order valence-corrected chi connectivity index (χ4v) is 7.30. The molecule has 1 saturated heterocycles. The second kappa shape index (κ2) is 11.4. The van der Waals surface area contributed by atoms with Gasteiger partial charge in [-0.15, -0.1) is 0 Å². The number of hydrogen-bond donors (Lipinski definition) is 1. The Morgan fingerprint density at radius 1 is 0.689 bits per heavy atom. The van der Waals surface area contributed by atoms with Gasteiger partial charge in [-0.1, -0.05) is 80.6 Å². The molecule has 0 spiro atoms. The molecule has 8 heteroatoms. The zero-order chi connectivity index (χ0) is 31.2. The Hall–Kier alpha value is -5.24. The number of esters is 1. The molecule has 0 radical (unpaired) electrons. The van der Waals surface area contributed by atoms with Gasteiger partial charge in [0.05, 0.1) is 11.8 Å². The fourth-order valence-electron chi connectivity index (χ4n) is 7.30. The van der Waals surface area contributed by atoms with Crippen molar-refractivity contribution in [3.05, 3.63) is 125 Å². The first-order chi connectivity index (χ1) is 21.8. The summed E-state index contributed by atoms with van der Waals surface area (Å²) in [5.74, 6) is -2.91. The number of amides is 3. The van der Waals surface area contributed by atoms with Gasteiger partial charge in [0.15, 0.2) is 6.61 Å². The molecule has 0 unspecified atom stereocenters. The Balaban J connectivity index is 1.05. The molecule has 3 amide bonds. The SMILES string of the molecule is CC(C)[C@H](C(=O)OCC(=O)Nc1ccc(Oc2ccccc2)cc1)N1C(=O)[C@@H]2C3c4ccccc4C(c4ccccc43)[C@@H]2C1=O. The average Bonchev–Trinajstić information content (AvgIpc) is 3.31. The highest BCUT2D eigenvalue weighted by Crippen LogP contribution is 2.61. The molecule has 1 N–H and O–H groups in total. The molecule has 1 aliphatic heterocycles. The van der Waals surface area contributed by atoms with Gasteiger partial charge < -0.3 is 14.8 Å². The molecule has 3 atom stereocenters. The number of carbonyl (C=O) groups is 4. The third-order valence-electron chi connectivity index (χ3n) is 9.10. The molecule has 1 fully saturated rings. The number of anilines is 1. The number of para-hydroxylation sites is 1. The first kappa shape index (κ1) is 28.5. The van der Waals surface area contributed by atoms with Crippen molar-refractivity contribution in [1.82, 2.24) is 4.90 Å². The van der Waals surface area contributed by atoms with E-state index >= 15 is 0 Å². The Labute approximate surface area is 261 Å². The van der Waals surface area contributed by atoms with Crippen molar-refractivity contribution in [1.29, 1.82) is 0 Å². The van der Waals surface area contributed by atoms with Crippen LogP contribution < -0.4 is 10.1 Å². The molecule has 8 nitrogen and oxygen atoms in total. The van der Waals surface area contributed by atoms with Crippen LogP contribution in [0.5, 0.6) is 11.5 Å². The summed E-state index contributed by atoms with van der Waals surface area (Å²) in [6.45, 7) is 2.98. The highest BCUT2D eigenvalue weighted by Gasteiger charge is 2.63. The summed E-state index contributed by atoms with van der Waals surface area (Å²) in [7, 11) is 0. The van der Waals surface area contributed by atoms with Gasteiger partial charge in [-0.2, -0.15) is 0 Å². The number of nitrogens with one attached hydrogen (secondary N) is 1. The standard InChI is InChI=1S/C37H32N2O6/c1-21(2)34(37(43)44-20-29(40)38-22-16-18-24(19-17-22)45-23-10-4-3-5-11-23)39-35(41)32-30-25-12-6-7-13-26(25)31(33(32)36(39)42)28-15-9-8-14-27(28)30/h3-19,21,30-34H,20H2,1-2H3,(H,38,40)/t30?,31?,32-,33+,34-/m1/s1. The molecule has 4 aromatic rings. The Morgan fingerprint density at radius 2 is 1.16 bits per heavy atom. The average molecular weight is 601 g/mol. The normalized spacial score (nSPS) is 21.5. The molecule has 1 heterocycles. The van der Waals surface area contributed by atoms with Gasteiger partial charge in [0, 0.05) is 17.5 Å². The predicted molar refractivity (Wildman–Crippen MR) is 167 cm³/mol. The number of carbonyl (C=O) groups excluding carboxylic acids is 4. The minimum atomic E-state index is -1.15. The fraction of sp³-hybridized carbons (Fsp3) is 0.243. The van der Waals surface area contributed by atoms with Crippen LogP contribution >= 0.6 is 0 Å². The van der Waals surface area contributed by atoms with Crippen LogP contribution in [0.1, 0.15) is 47.9 Å². The van der Waals surface area contributed by atoms with E-state index in [1.807, 2.05) is 78.9 Å². The molecule has 3 aliphatic carbocycles. The predicted octanol–water partition coefficient (Wildman–Crippen LogP) is 5.88. The van der Waals surface area contributed by atoms with E-state index in [0.29, 0.717) is 17.2 Å². The van der Waals surface area contributed by atoms with E-state index < -0.39 is 42.3 Å². The van der Waals surface area contributed by atoms with E-state index in [1.165, 1.54) is 0 Å². The monoisotopic (exact) mass is 600 g/mol. The largest absolute Gasteiger partial charge is 0.457 e. The van der Waals surface area contributed by atoms with Crippen LogP contribution in [0.25, 0.3) is 0 Å². The summed E-state index contributed by atoms with van der Waals surface area (Å²) in [6.07, 6.45) is 0. The molecule has 45 heavy (non-hydrogen) atoms.